The fraction of sp³-hybridized carbons (Fsp3) is 0.708. The minimum atomic E-state index is -0.460. The van der Waals surface area contributed by atoms with Crippen molar-refractivity contribution in [2.24, 2.45) is 0 Å². The molecule has 1 aliphatic carbocycles. The van der Waals surface area contributed by atoms with Crippen molar-refractivity contribution >= 4 is 11.8 Å². The van der Waals surface area contributed by atoms with Crippen molar-refractivity contribution in [3.8, 4) is 0 Å². The Morgan fingerprint density at radius 3 is 2.41 bits per heavy atom. The SMILES string of the molecule is CCCCNC(=O)c1cn(C2CCCCC2)cc(C(=O)N2CCN(CCOC)CC2)c1=O. The minimum absolute atomic E-state index is 0.0799. The highest BCUT2D eigenvalue weighted by atomic mass is 16.5. The molecule has 1 saturated heterocycles. The van der Waals surface area contributed by atoms with Crippen LogP contribution in [0.4, 0.5) is 0 Å². The Kier molecular flexibility index (Phi) is 9.29. The molecule has 8 heteroatoms. The maximum Gasteiger partial charge on any atom is 0.259 e. The Labute approximate surface area is 190 Å². The van der Waals surface area contributed by atoms with Crippen molar-refractivity contribution in [3.05, 3.63) is 33.7 Å². The molecular formula is C24H38N4O4. The summed E-state index contributed by atoms with van der Waals surface area (Å²) in [5.74, 6) is -0.652. The summed E-state index contributed by atoms with van der Waals surface area (Å²) in [6, 6.07) is 0.226. The van der Waals surface area contributed by atoms with Crippen molar-refractivity contribution in [1.82, 2.24) is 19.7 Å². The Morgan fingerprint density at radius 1 is 1.06 bits per heavy atom. The monoisotopic (exact) mass is 446 g/mol. The highest BCUT2D eigenvalue weighted by molar-refractivity contribution is 5.99. The van der Waals surface area contributed by atoms with Gasteiger partial charge in [-0.05, 0) is 19.3 Å². The van der Waals surface area contributed by atoms with Gasteiger partial charge < -0.3 is 19.5 Å². The standard InChI is InChI=1S/C24H38N4O4/c1-3-4-10-25-23(30)20-17-28(19-8-6-5-7-9-19)18-21(22(20)29)24(31)27-13-11-26(12-14-27)15-16-32-2/h17-19H,3-16H2,1-2H3,(H,25,30). The topological polar surface area (TPSA) is 83.9 Å². The maximum absolute atomic E-state index is 13.3. The predicted octanol–water partition coefficient (Wildman–Crippen LogP) is 2.29. The molecule has 1 N–H and O–H groups in total. The van der Waals surface area contributed by atoms with Gasteiger partial charge in [-0.15, -0.1) is 0 Å². The lowest BCUT2D eigenvalue weighted by Gasteiger charge is -2.34. The number of hydrogen-bond donors (Lipinski definition) is 1. The molecule has 0 spiro atoms. The summed E-state index contributed by atoms with van der Waals surface area (Å²) in [5, 5.41) is 2.85. The number of hydrogen-bond acceptors (Lipinski definition) is 5. The molecule has 8 nitrogen and oxygen atoms in total. The fourth-order valence-corrected chi connectivity index (χ4v) is 4.54. The molecule has 2 amide bonds. The number of amides is 2. The smallest absolute Gasteiger partial charge is 0.259 e. The van der Waals surface area contributed by atoms with E-state index in [2.05, 4.69) is 17.1 Å². The molecule has 0 bridgehead atoms. The van der Waals surface area contributed by atoms with Crippen LogP contribution in [-0.2, 0) is 4.74 Å². The summed E-state index contributed by atoms with van der Waals surface area (Å²) in [5.41, 5.74) is -0.266. The third kappa shape index (κ3) is 6.19. The number of ether oxygens (including phenoxy) is 1. The average Bonchev–Trinajstić information content (AvgIpc) is 2.83. The van der Waals surface area contributed by atoms with Gasteiger partial charge in [-0.1, -0.05) is 32.6 Å². The second-order valence-corrected chi connectivity index (χ2v) is 8.89. The van der Waals surface area contributed by atoms with Gasteiger partial charge in [0.2, 0.25) is 5.43 Å². The molecule has 0 aromatic carbocycles. The van der Waals surface area contributed by atoms with E-state index < -0.39 is 5.43 Å². The van der Waals surface area contributed by atoms with Crippen molar-refractivity contribution < 1.29 is 14.3 Å². The van der Waals surface area contributed by atoms with E-state index >= 15 is 0 Å². The predicted molar refractivity (Wildman–Crippen MR) is 124 cm³/mol. The van der Waals surface area contributed by atoms with E-state index in [4.69, 9.17) is 4.74 Å². The highest BCUT2D eigenvalue weighted by Gasteiger charge is 2.27. The molecule has 2 fully saturated rings. The molecule has 1 aromatic heterocycles. The highest BCUT2D eigenvalue weighted by Crippen LogP contribution is 2.28. The number of nitrogens with one attached hydrogen (secondary N) is 1. The first-order valence-corrected chi connectivity index (χ1v) is 12.1. The number of carbonyl (C=O) groups is 2. The van der Waals surface area contributed by atoms with E-state index in [1.165, 1.54) is 6.42 Å². The van der Waals surface area contributed by atoms with Crippen molar-refractivity contribution in [3.63, 3.8) is 0 Å². The molecule has 2 heterocycles. The van der Waals surface area contributed by atoms with E-state index in [9.17, 15) is 14.4 Å². The van der Waals surface area contributed by atoms with Gasteiger partial charge in [-0.2, -0.15) is 0 Å². The number of nitrogens with zero attached hydrogens (tertiary/aromatic N) is 3. The average molecular weight is 447 g/mol. The fourth-order valence-electron chi connectivity index (χ4n) is 4.54. The lowest BCUT2D eigenvalue weighted by molar-refractivity contribution is 0.0592. The van der Waals surface area contributed by atoms with E-state index in [0.717, 1.165) is 58.2 Å². The molecule has 0 unspecified atom stereocenters. The Bertz CT molecular complexity index is 824. The molecule has 0 atom stereocenters. The van der Waals surface area contributed by atoms with Crippen LogP contribution in [0.3, 0.4) is 0 Å². The first kappa shape index (κ1) is 24.5. The van der Waals surface area contributed by atoms with Gasteiger partial charge in [0.25, 0.3) is 11.8 Å². The van der Waals surface area contributed by atoms with E-state index in [0.29, 0.717) is 26.2 Å². The van der Waals surface area contributed by atoms with Crippen molar-refractivity contribution in [2.45, 2.75) is 57.9 Å². The summed E-state index contributed by atoms with van der Waals surface area (Å²) < 4.78 is 7.10. The summed E-state index contributed by atoms with van der Waals surface area (Å²) in [6.45, 7) is 6.72. The Balaban J connectivity index is 1.83. The number of methoxy groups -OCH3 is 1. The number of piperazine rings is 1. The molecule has 178 valence electrons. The molecule has 1 aliphatic heterocycles. The number of rotatable bonds is 9. The van der Waals surface area contributed by atoms with Crippen molar-refractivity contribution in [2.75, 3.05) is 53.0 Å². The van der Waals surface area contributed by atoms with Gasteiger partial charge in [0.15, 0.2) is 0 Å². The molecule has 2 aliphatic rings. The minimum Gasteiger partial charge on any atom is -0.383 e. The van der Waals surface area contributed by atoms with Crippen LogP contribution in [0.15, 0.2) is 17.2 Å². The molecular weight excluding hydrogens is 408 g/mol. The number of unbranched alkanes of at least 4 members (excludes halogenated alkanes) is 1. The quantitative estimate of drug-likeness (QED) is 0.589. The number of aromatic nitrogens is 1. The van der Waals surface area contributed by atoms with E-state index in [-0.39, 0.29) is 29.0 Å². The lowest BCUT2D eigenvalue weighted by atomic mass is 9.95. The van der Waals surface area contributed by atoms with Gasteiger partial charge in [0.1, 0.15) is 11.1 Å². The van der Waals surface area contributed by atoms with E-state index in [1.54, 1.807) is 24.4 Å². The van der Waals surface area contributed by atoms with Gasteiger partial charge >= 0.3 is 0 Å². The van der Waals surface area contributed by atoms with Crippen LogP contribution in [0.2, 0.25) is 0 Å². The third-order valence-corrected chi connectivity index (χ3v) is 6.60. The largest absolute Gasteiger partial charge is 0.383 e. The van der Waals surface area contributed by atoms with Crippen LogP contribution in [-0.4, -0.2) is 79.2 Å². The normalized spacial score (nSPS) is 18.0. The summed E-state index contributed by atoms with van der Waals surface area (Å²) >= 11 is 0. The third-order valence-electron chi connectivity index (χ3n) is 6.60. The Morgan fingerprint density at radius 2 is 1.75 bits per heavy atom. The first-order chi connectivity index (χ1) is 15.5. The van der Waals surface area contributed by atoms with Crippen LogP contribution < -0.4 is 10.7 Å². The maximum atomic E-state index is 13.3. The second kappa shape index (κ2) is 12.2. The molecule has 0 radical (unpaired) electrons. The van der Waals surface area contributed by atoms with Crippen LogP contribution in [0.25, 0.3) is 0 Å². The van der Waals surface area contributed by atoms with Gasteiger partial charge in [-0.3, -0.25) is 19.3 Å². The lowest BCUT2D eigenvalue weighted by Crippen LogP contribution is -2.50. The zero-order valence-corrected chi connectivity index (χ0v) is 19.6. The summed E-state index contributed by atoms with van der Waals surface area (Å²) in [6.07, 6.45) is 10.6. The molecule has 1 saturated carbocycles. The zero-order valence-electron chi connectivity index (χ0n) is 19.6. The van der Waals surface area contributed by atoms with Crippen LogP contribution >= 0.6 is 0 Å². The zero-order chi connectivity index (χ0) is 22.9. The van der Waals surface area contributed by atoms with Crippen molar-refractivity contribution in [1.29, 1.82) is 0 Å². The van der Waals surface area contributed by atoms with Gasteiger partial charge in [0, 0.05) is 64.8 Å². The first-order valence-electron chi connectivity index (χ1n) is 12.1. The Hall–Kier alpha value is -2.19. The van der Waals surface area contributed by atoms with Crippen LogP contribution in [0.5, 0.6) is 0 Å². The number of pyridine rings is 1. The van der Waals surface area contributed by atoms with E-state index in [1.807, 2.05) is 4.57 Å². The molecule has 1 aromatic rings. The van der Waals surface area contributed by atoms with Gasteiger partial charge in [-0.25, -0.2) is 0 Å². The van der Waals surface area contributed by atoms with Gasteiger partial charge in [0.05, 0.1) is 6.61 Å². The van der Waals surface area contributed by atoms with Crippen LogP contribution in [0.1, 0.15) is 78.6 Å². The summed E-state index contributed by atoms with van der Waals surface area (Å²) in [7, 11) is 1.68. The van der Waals surface area contributed by atoms with Crippen LogP contribution in [0, 0.1) is 0 Å². The molecule has 3 rings (SSSR count). The molecule has 32 heavy (non-hydrogen) atoms. The second-order valence-electron chi connectivity index (χ2n) is 8.89. The summed E-state index contributed by atoms with van der Waals surface area (Å²) in [4.78, 5) is 43.4. The number of carbonyl (C=O) groups excluding carboxylic acids is 2.